The molecule has 2 aromatic heterocycles. The number of hydrogen-bond acceptors (Lipinski definition) is 3. The van der Waals surface area contributed by atoms with Gasteiger partial charge >= 0.3 is 0 Å². The summed E-state index contributed by atoms with van der Waals surface area (Å²) in [5.74, 6) is 0. The van der Waals surface area contributed by atoms with E-state index < -0.39 is 0 Å². The van der Waals surface area contributed by atoms with E-state index in [1.807, 2.05) is 29.7 Å². The van der Waals surface area contributed by atoms with Gasteiger partial charge in [0, 0.05) is 37.1 Å². The average molecular weight is 261 g/mol. The van der Waals surface area contributed by atoms with E-state index in [9.17, 15) is 0 Å². The average Bonchev–Trinajstić information content (AvgIpc) is 2.98. The lowest BCUT2D eigenvalue weighted by molar-refractivity contribution is 0.600. The summed E-state index contributed by atoms with van der Waals surface area (Å²) in [5, 5.41) is 12.3. The van der Waals surface area contributed by atoms with Crippen LogP contribution in [0.4, 0.5) is 0 Å². The third-order valence-corrected chi connectivity index (χ3v) is 3.31. The van der Waals surface area contributed by atoms with Crippen LogP contribution in [0.15, 0.2) is 18.6 Å². The highest BCUT2D eigenvalue weighted by atomic mass is 15.3. The van der Waals surface area contributed by atoms with Crippen molar-refractivity contribution >= 4 is 0 Å². The highest BCUT2D eigenvalue weighted by Gasteiger charge is 2.19. The summed E-state index contributed by atoms with van der Waals surface area (Å²) in [6, 6.07) is 0.161. The van der Waals surface area contributed by atoms with E-state index in [2.05, 4.69) is 41.8 Å². The van der Waals surface area contributed by atoms with Gasteiger partial charge in [-0.1, -0.05) is 13.8 Å². The fourth-order valence-electron chi connectivity index (χ4n) is 2.45. The van der Waals surface area contributed by atoms with E-state index in [0.29, 0.717) is 0 Å². The zero-order valence-electron chi connectivity index (χ0n) is 12.2. The van der Waals surface area contributed by atoms with Crippen molar-refractivity contribution in [3.8, 4) is 0 Å². The minimum absolute atomic E-state index is 0.161. The molecular weight excluding hydrogens is 238 g/mol. The Bertz CT molecular complexity index is 526. The zero-order chi connectivity index (χ0) is 13.8. The van der Waals surface area contributed by atoms with E-state index in [0.717, 1.165) is 25.1 Å². The van der Waals surface area contributed by atoms with Crippen LogP contribution >= 0.6 is 0 Å². The van der Waals surface area contributed by atoms with E-state index in [4.69, 9.17) is 0 Å². The van der Waals surface area contributed by atoms with Crippen molar-refractivity contribution in [2.45, 2.75) is 39.3 Å². The second kappa shape index (κ2) is 6.02. The molecule has 0 spiro atoms. The van der Waals surface area contributed by atoms with Gasteiger partial charge in [0.1, 0.15) is 0 Å². The number of aryl methyl sites for hydroxylation is 3. The van der Waals surface area contributed by atoms with Crippen LogP contribution < -0.4 is 5.32 Å². The monoisotopic (exact) mass is 261 g/mol. The molecule has 0 bridgehead atoms. The van der Waals surface area contributed by atoms with Crippen molar-refractivity contribution in [2.75, 3.05) is 7.05 Å². The smallest absolute Gasteiger partial charge is 0.0673 e. The molecule has 0 aliphatic heterocycles. The summed E-state index contributed by atoms with van der Waals surface area (Å²) in [5.41, 5.74) is 3.58. The van der Waals surface area contributed by atoms with Crippen molar-refractivity contribution in [1.29, 1.82) is 0 Å². The lowest BCUT2D eigenvalue weighted by Gasteiger charge is -2.14. The normalized spacial score (nSPS) is 12.8. The standard InChI is InChI=1S/C14H23N5/c1-5-7-19-9-11(8-16-19)14(15-3)12-10-18(4)17-13(12)6-2/h8-10,14-15H,5-7H2,1-4H3. The first-order valence-electron chi connectivity index (χ1n) is 6.91. The topological polar surface area (TPSA) is 47.7 Å². The van der Waals surface area contributed by atoms with Gasteiger partial charge in [0.25, 0.3) is 0 Å². The molecule has 0 saturated carbocycles. The molecule has 1 N–H and O–H groups in total. The molecule has 2 heterocycles. The summed E-state index contributed by atoms with van der Waals surface area (Å²) >= 11 is 0. The van der Waals surface area contributed by atoms with Crippen molar-refractivity contribution < 1.29 is 0 Å². The summed E-state index contributed by atoms with van der Waals surface area (Å²) in [4.78, 5) is 0. The number of nitrogens with one attached hydrogen (secondary N) is 1. The van der Waals surface area contributed by atoms with Crippen LogP contribution in [0.25, 0.3) is 0 Å². The third kappa shape index (κ3) is 2.87. The van der Waals surface area contributed by atoms with Gasteiger partial charge in [0.15, 0.2) is 0 Å². The molecule has 104 valence electrons. The maximum atomic E-state index is 4.52. The summed E-state index contributed by atoms with van der Waals surface area (Å²) < 4.78 is 3.89. The highest BCUT2D eigenvalue weighted by Crippen LogP contribution is 2.24. The third-order valence-electron chi connectivity index (χ3n) is 3.31. The van der Waals surface area contributed by atoms with E-state index >= 15 is 0 Å². The van der Waals surface area contributed by atoms with Gasteiger partial charge in [0.05, 0.1) is 17.9 Å². The lowest BCUT2D eigenvalue weighted by Crippen LogP contribution is -2.18. The summed E-state index contributed by atoms with van der Waals surface area (Å²) in [6.45, 7) is 5.26. The largest absolute Gasteiger partial charge is 0.309 e. The molecule has 0 saturated heterocycles. The van der Waals surface area contributed by atoms with Gasteiger partial charge < -0.3 is 5.32 Å². The van der Waals surface area contributed by atoms with Gasteiger partial charge in [-0.05, 0) is 19.9 Å². The van der Waals surface area contributed by atoms with Gasteiger partial charge in [-0.15, -0.1) is 0 Å². The molecule has 0 aliphatic rings. The number of nitrogens with zero attached hydrogens (tertiary/aromatic N) is 4. The summed E-state index contributed by atoms with van der Waals surface area (Å²) in [6.07, 6.45) is 8.20. The van der Waals surface area contributed by atoms with Crippen LogP contribution in [0.5, 0.6) is 0 Å². The Kier molecular flexibility index (Phi) is 4.37. The molecule has 0 aromatic carbocycles. The van der Waals surface area contributed by atoms with Crippen molar-refractivity contribution in [3.05, 3.63) is 35.4 Å². The van der Waals surface area contributed by atoms with Crippen LogP contribution in [0.1, 0.15) is 43.1 Å². The van der Waals surface area contributed by atoms with Gasteiger partial charge in [-0.3, -0.25) is 9.36 Å². The molecule has 5 nitrogen and oxygen atoms in total. The summed E-state index contributed by atoms with van der Waals surface area (Å²) in [7, 11) is 3.95. The maximum Gasteiger partial charge on any atom is 0.0673 e. The first kappa shape index (κ1) is 13.8. The fraction of sp³-hybridized carbons (Fsp3) is 0.571. The molecule has 2 aromatic rings. The van der Waals surface area contributed by atoms with E-state index in [1.54, 1.807) is 0 Å². The van der Waals surface area contributed by atoms with Crippen LogP contribution in [0, 0.1) is 0 Å². The molecule has 19 heavy (non-hydrogen) atoms. The first-order valence-corrected chi connectivity index (χ1v) is 6.91. The fourth-order valence-corrected chi connectivity index (χ4v) is 2.45. The predicted octanol–water partition coefficient (Wildman–Crippen LogP) is 1.90. The minimum atomic E-state index is 0.161. The number of aromatic nitrogens is 4. The van der Waals surface area contributed by atoms with E-state index in [1.165, 1.54) is 11.1 Å². The van der Waals surface area contributed by atoms with Gasteiger partial charge in [0.2, 0.25) is 0 Å². The second-order valence-electron chi connectivity index (χ2n) is 4.82. The quantitative estimate of drug-likeness (QED) is 0.864. The molecular formula is C14H23N5. The molecule has 1 unspecified atom stereocenters. The van der Waals surface area contributed by atoms with Crippen molar-refractivity contribution in [3.63, 3.8) is 0 Å². The van der Waals surface area contributed by atoms with Crippen LogP contribution in [-0.4, -0.2) is 26.6 Å². The Morgan fingerprint density at radius 1 is 1.32 bits per heavy atom. The van der Waals surface area contributed by atoms with Crippen molar-refractivity contribution in [1.82, 2.24) is 24.9 Å². The molecule has 1 atom stereocenters. The highest BCUT2D eigenvalue weighted by molar-refractivity contribution is 5.31. The van der Waals surface area contributed by atoms with E-state index in [-0.39, 0.29) is 6.04 Å². The molecule has 2 rings (SSSR count). The van der Waals surface area contributed by atoms with Crippen molar-refractivity contribution in [2.24, 2.45) is 7.05 Å². The van der Waals surface area contributed by atoms with Crippen LogP contribution in [0.2, 0.25) is 0 Å². The maximum absolute atomic E-state index is 4.52. The first-order chi connectivity index (χ1) is 9.19. The number of rotatable bonds is 6. The Balaban J connectivity index is 2.32. The second-order valence-corrected chi connectivity index (χ2v) is 4.82. The molecule has 0 radical (unpaired) electrons. The molecule has 0 fully saturated rings. The van der Waals surface area contributed by atoms with Crippen LogP contribution in [0.3, 0.4) is 0 Å². The SMILES string of the molecule is CCCn1cc(C(NC)c2cn(C)nc2CC)cn1. The molecule has 0 amide bonds. The lowest BCUT2D eigenvalue weighted by atomic mass is 10.0. The number of hydrogen-bond donors (Lipinski definition) is 1. The van der Waals surface area contributed by atoms with Gasteiger partial charge in [-0.25, -0.2) is 0 Å². The predicted molar refractivity (Wildman–Crippen MR) is 76.0 cm³/mol. The minimum Gasteiger partial charge on any atom is -0.309 e. The Hall–Kier alpha value is -1.62. The Labute approximate surface area is 114 Å². The van der Waals surface area contributed by atoms with Crippen LogP contribution in [-0.2, 0) is 20.0 Å². The Morgan fingerprint density at radius 3 is 2.74 bits per heavy atom. The zero-order valence-corrected chi connectivity index (χ0v) is 12.2. The van der Waals surface area contributed by atoms with Gasteiger partial charge in [-0.2, -0.15) is 10.2 Å². The molecule has 0 aliphatic carbocycles. The Morgan fingerprint density at radius 2 is 2.11 bits per heavy atom. The molecule has 5 heteroatoms.